The predicted molar refractivity (Wildman–Crippen MR) is 129 cm³/mol. The van der Waals surface area contributed by atoms with Gasteiger partial charge < -0.3 is 9.88 Å². The fourth-order valence-corrected chi connectivity index (χ4v) is 4.87. The summed E-state index contributed by atoms with van der Waals surface area (Å²) in [6.07, 6.45) is 0.881. The summed E-state index contributed by atoms with van der Waals surface area (Å²) in [5.74, 6) is 0.591. The van der Waals surface area contributed by atoms with Crippen LogP contribution in [0.15, 0.2) is 52.5 Å². The van der Waals surface area contributed by atoms with Crippen molar-refractivity contribution in [1.82, 2.24) is 14.9 Å². The molecular formula is C23H30N4O3S2. The maximum absolute atomic E-state index is 12.6. The molecule has 3 aromatic rings. The van der Waals surface area contributed by atoms with Crippen LogP contribution in [0.25, 0.3) is 11.0 Å². The topological polar surface area (TPSA) is 107 Å². The molecular weight excluding hydrogens is 444 g/mol. The van der Waals surface area contributed by atoms with Gasteiger partial charge in [0.1, 0.15) is 0 Å². The third-order valence-electron chi connectivity index (χ3n) is 5.27. The van der Waals surface area contributed by atoms with Gasteiger partial charge in [0.05, 0.1) is 27.7 Å². The van der Waals surface area contributed by atoms with E-state index in [1.165, 1.54) is 29.5 Å². The molecule has 0 aliphatic rings. The summed E-state index contributed by atoms with van der Waals surface area (Å²) >= 11 is 1.34. The van der Waals surface area contributed by atoms with Gasteiger partial charge in [-0.3, -0.25) is 4.79 Å². The molecule has 1 aromatic heterocycles. The molecule has 0 bridgehead atoms. The van der Waals surface area contributed by atoms with Gasteiger partial charge in [-0.05, 0) is 48.6 Å². The molecule has 0 fully saturated rings. The van der Waals surface area contributed by atoms with Crippen molar-refractivity contribution in [3.05, 3.63) is 53.6 Å². The van der Waals surface area contributed by atoms with Gasteiger partial charge in [-0.15, -0.1) is 0 Å². The number of aromatic nitrogens is 2. The van der Waals surface area contributed by atoms with Gasteiger partial charge in [-0.1, -0.05) is 56.8 Å². The number of hydrogen-bond donors (Lipinski definition) is 2. The van der Waals surface area contributed by atoms with Crippen molar-refractivity contribution in [2.24, 2.45) is 5.14 Å². The fraction of sp³-hybridized carbons (Fsp3) is 0.391. The van der Waals surface area contributed by atoms with Crippen molar-refractivity contribution in [2.45, 2.75) is 62.7 Å². The van der Waals surface area contributed by atoms with Crippen molar-refractivity contribution in [2.75, 3.05) is 5.75 Å². The molecule has 0 aliphatic carbocycles. The average molecular weight is 475 g/mol. The van der Waals surface area contributed by atoms with E-state index in [1.54, 1.807) is 6.07 Å². The normalized spacial score (nSPS) is 12.9. The largest absolute Gasteiger partial charge is 0.349 e. The number of hydrogen-bond acceptors (Lipinski definition) is 5. The molecule has 0 aliphatic heterocycles. The molecule has 0 radical (unpaired) electrons. The number of rotatable bonds is 9. The van der Waals surface area contributed by atoms with Crippen molar-refractivity contribution in [3.8, 4) is 0 Å². The highest BCUT2D eigenvalue weighted by Gasteiger charge is 2.17. The van der Waals surface area contributed by atoms with E-state index in [9.17, 15) is 13.2 Å². The first-order valence-electron chi connectivity index (χ1n) is 10.6. The summed E-state index contributed by atoms with van der Waals surface area (Å²) in [6, 6.07) is 12.9. The third-order valence-corrected chi connectivity index (χ3v) is 7.16. The minimum absolute atomic E-state index is 0.0257. The van der Waals surface area contributed by atoms with Crippen LogP contribution >= 0.6 is 11.8 Å². The van der Waals surface area contributed by atoms with E-state index in [-0.39, 0.29) is 22.6 Å². The number of benzene rings is 2. The lowest BCUT2D eigenvalue weighted by Gasteiger charge is -2.15. The summed E-state index contributed by atoms with van der Waals surface area (Å²) in [5, 5.41) is 8.96. The minimum Gasteiger partial charge on any atom is -0.349 e. The van der Waals surface area contributed by atoms with Crippen LogP contribution in [0.5, 0.6) is 0 Å². The lowest BCUT2D eigenvalue weighted by atomic mass is 10.00. The van der Waals surface area contributed by atoms with Crippen LogP contribution in [0.3, 0.4) is 0 Å². The summed E-state index contributed by atoms with van der Waals surface area (Å²) in [5.41, 5.74) is 3.69. The summed E-state index contributed by atoms with van der Waals surface area (Å²) < 4.78 is 25.3. The zero-order valence-electron chi connectivity index (χ0n) is 18.8. The van der Waals surface area contributed by atoms with Gasteiger partial charge in [0.25, 0.3) is 0 Å². The Balaban J connectivity index is 1.71. The Morgan fingerprint density at radius 2 is 1.78 bits per heavy atom. The molecule has 0 spiro atoms. The first kappa shape index (κ1) is 24.3. The number of nitrogens with one attached hydrogen (secondary N) is 1. The van der Waals surface area contributed by atoms with E-state index < -0.39 is 10.0 Å². The van der Waals surface area contributed by atoms with Crippen molar-refractivity contribution >= 4 is 38.7 Å². The number of sulfonamides is 1. The molecule has 172 valence electrons. The molecule has 1 amide bonds. The van der Waals surface area contributed by atoms with Crippen LogP contribution in [-0.2, 0) is 21.4 Å². The van der Waals surface area contributed by atoms with Crippen LogP contribution in [-0.4, -0.2) is 29.6 Å². The van der Waals surface area contributed by atoms with Crippen molar-refractivity contribution in [3.63, 3.8) is 0 Å². The first-order valence-corrected chi connectivity index (χ1v) is 13.2. The Morgan fingerprint density at radius 1 is 1.12 bits per heavy atom. The van der Waals surface area contributed by atoms with Crippen LogP contribution in [0.1, 0.15) is 57.2 Å². The smallest absolute Gasteiger partial charge is 0.238 e. The van der Waals surface area contributed by atoms with Crippen LogP contribution in [0.2, 0.25) is 0 Å². The Labute approximate surface area is 193 Å². The number of thioether (sulfide) groups is 1. The standard InChI is InChI=1S/C23H30N4O3S2/c1-5-12-27-21-11-10-19(32(24,29)30)13-20(21)26-23(27)31-14-22(28)25-16(4)18-8-6-17(7-9-18)15(2)3/h6-11,13,15-16H,5,12,14H2,1-4H3,(H,25,28)(H2,24,29,30). The van der Waals surface area contributed by atoms with E-state index >= 15 is 0 Å². The number of carbonyl (C=O) groups excluding carboxylic acids is 1. The first-order chi connectivity index (χ1) is 15.1. The lowest BCUT2D eigenvalue weighted by Crippen LogP contribution is -2.28. The van der Waals surface area contributed by atoms with E-state index in [2.05, 4.69) is 55.3 Å². The second kappa shape index (κ2) is 10.1. The maximum atomic E-state index is 12.6. The zero-order valence-corrected chi connectivity index (χ0v) is 20.5. The fourth-order valence-electron chi connectivity index (χ4n) is 3.48. The van der Waals surface area contributed by atoms with Crippen LogP contribution < -0.4 is 10.5 Å². The predicted octanol–water partition coefficient (Wildman–Crippen LogP) is 4.19. The van der Waals surface area contributed by atoms with E-state index in [0.29, 0.717) is 23.1 Å². The summed E-state index contributed by atoms with van der Waals surface area (Å²) in [7, 11) is -3.80. The number of aryl methyl sites for hydroxylation is 1. The number of nitrogens with two attached hydrogens (primary N) is 1. The molecule has 32 heavy (non-hydrogen) atoms. The SMILES string of the molecule is CCCn1c(SCC(=O)NC(C)c2ccc(C(C)C)cc2)nc2cc(S(N)(=O)=O)ccc21. The molecule has 9 heteroatoms. The molecule has 3 rings (SSSR count). The molecule has 1 heterocycles. The summed E-state index contributed by atoms with van der Waals surface area (Å²) in [4.78, 5) is 17.2. The summed E-state index contributed by atoms with van der Waals surface area (Å²) in [6.45, 7) is 9.04. The molecule has 2 aromatic carbocycles. The van der Waals surface area contributed by atoms with Gasteiger partial charge in [0, 0.05) is 6.54 Å². The Kier molecular flexibility index (Phi) is 7.63. The van der Waals surface area contributed by atoms with Crippen LogP contribution in [0, 0.1) is 0 Å². The Bertz CT molecular complexity index is 1200. The molecule has 1 unspecified atom stereocenters. The van der Waals surface area contributed by atoms with Crippen molar-refractivity contribution in [1.29, 1.82) is 0 Å². The molecule has 3 N–H and O–H groups in total. The Hall–Kier alpha value is -2.36. The molecule has 0 saturated heterocycles. The zero-order chi connectivity index (χ0) is 23.5. The number of nitrogens with zero attached hydrogens (tertiary/aromatic N) is 2. The number of carbonyl (C=O) groups is 1. The molecule has 0 saturated carbocycles. The number of primary sulfonamides is 1. The minimum atomic E-state index is -3.80. The van der Waals surface area contributed by atoms with Gasteiger partial charge in [0.15, 0.2) is 5.16 Å². The number of fused-ring (bicyclic) bond motifs is 1. The van der Waals surface area contributed by atoms with E-state index in [1.807, 2.05) is 11.5 Å². The average Bonchev–Trinajstić information content (AvgIpc) is 3.08. The monoisotopic (exact) mass is 474 g/mol. The highest BCUT2D eigenvalue weighted by atomic mass is 32.2. The highest BCUT2D eigenvalue weighted by molar-refractivity contribution is 7.99. The second-order valence-corrected chi connectivity index (χ2v) is 10.6. The quantitative estimate of drug-likeness (QED) is 0.452. The van der Waals surface area contributed by atoms with Crippen molar-refractivity contribution < 1.29 is 13.2 Å². The molecule has 1 atom stereocenters. The Morgan fingerprint density at radius 3 is 2.38 bits per heavy atom. The third kappa shape index (κ3) is 5.70. The van der Waals surface area contributed by atoms with Gasteiger partial charge in [0.2, 0.25) is 15.9 Å². The lowest BCUT2D eigenvalue weighted by molar-refractivity contribution is -0.119. The second-order valence-electron chi connectivity index (χ2n) is 8.14. The maximum Gasteiger partial charge on any atom is 0.238 e. The van der Waals surface area contributed by atoms with Crippen LogP contribution in [0.4, 0.5) is 0 Å². The molecule has 7 nitrogen and oxygen atoms in total. The van der Waals surface area contributed by atoms with E-state index in [0.717, 1.165) is 17.5 Å². The number of amides is 1. The number of imidazole rings is 1. The van der Waals surface area contributed by atoms with Gasteiger partial charge in [-0.25, -0.2) is 18.5 Å². The highest BCUT2D eigenvalue weighted by Crippen LogP contribution is 2.26. The van der Waals surface area contributed by atoms with Gasteiger partial charge in [-0.2, -0.15) is 0 Å². The van der Waals surface area contributed by atoms with E-state index in [4.69, 9.17) is 5.14 Å². The van der Waals surface area contributed by atoms with Gasteiger partial charge >= 0.3 is 0 Å².